The van der Waals surface area contributed by atoms with Crippen LogP contribution in [0.1, 0.15) is 10.4 Å². The van der Waals surface area contributed by atoms with Crippen molar-refractivity contribution in [1.82, 2.24) is 0 Å². The number of ether oxygens (including phenoxy) is 3. The smallest absolute Gasteiger partial charge is 0.259 e. The Balaban J connectivity index is 1.71. The molecule has 0 bridgehead atoms. The van der Waals surface area contributed by atoms with Gasteiger partial charge in [-0.1, -0.05) is 12.1 Å². The van der Waals surface area contributed by atoms with E-state index in [0.29, 0.717) is 22.7 Å². The highest BCUT2D eigenvalue weighted by molar-refractivity contribution is 6.06. The topological polar surface area (TPSA) is 68.8 Å². The molecule has 3 rings (SSSR count). The molecule has 0 aliphatic heterocycles. The zero-order valence-corrected chi connectivity index (χ0v) is 16.0. The molecule has 6 nitrogen and oxygen atoms in total. The van der Waals surface area contributed by atoms with E-state index >= 15 is 0 Å². The highest BCUT2D eigenvalue weighted by Crippen LogP contribution is 2.31. The van der Waals surface area contributed by atoms with Crippen molar-refractivity contribution in [1.29, 1.82) is 0 Å². The number of benzene rings is 3. The lowest BCUT2D eigenvalue weighted by Crippen LogP contribution is -2.13. The number of hydrogen-bond donors (Lipinski definition) is 2. The van der Waals surface area contributed by atoms with Crippen molar-refractivity contribution in [2.75, 3.05) is 32.0 Å². The van der Waals surface area contributed by atoms with Crippen molar-refractivity contribution in [2.45, 2.75) is 0 Å². The predicted octanol–water partition coefficient (Wildman–Crippen LogP) is 4.71. The Kier molecular flexibility index (Phi) is 6.01. The first kappa shape index (κ1) is 19.1. The number of amides is 1. The van der Waals surface area contributed by atoms with Crippen LogP contribution in [-0.2, 0) is 0 Å². The number of carbonyl (C=O) groups excluding carboxylic acids is 1. The van der Waals surface area contributed by atoms with Crippen molar-refractivity contribution >= 4 is 23.0 Å². The van der Waals surface area contributed by atoms with Crippen LogP contribution in [0.3, 0.4) is 0 Å². The number of anilines is 3. The molecule has 0 aliphatic carbocycles. The van der Waals surface area contributed by atoms with Crippen LogP contribution >= 0.6 is 0 Å². The van der Waals surface area contributed by atoms with Crippen LogP contribution in [0, 0.1) is 0 Å². The van der Waals surface area contributed by atoms with Gasteiger partial charge in [0.05, 0.1) is 32.6 Å². The van der Waals surface area contributed by atoms with Crippen molar-refractivity contribution in [3.8, 4) is 17.2 Å². The number of hydrogen-bond acceptors (Lipinski definition) is 5. The first-order valence-electron chi connectivity index (χ1n) is 8.68. The van der Waals surface area contributed by atoms with Crippen LogP contribution in [0.25, 0.3) is 0 Å². The summed E-state index contributed by atoms with van der Waals surface area (Å²) in [7, 11) is 4.76. The molecule has 0 unspecified atom stereocenters. The molecule has 0 fully saturated rings. The van der Waals surface area contributed by atoms with Gasteiger partial charge in [-0.15, -0.1) is 0 Å². The minimum absolute atomic E-state index is 0.227. The highest BCUT2D eigenvalue weighted by Gasteiger charge is 2.11. The Morgan fingerprint density at radius 2 is 1.43 bits per heavy atom. The zero-order chi connectivity index (χ0) is 19.9. The Morgan fingerprint density at radius 1 is 0.750 bits per heavy atom. The largest absolute Gasteiger partial charge is 0.497 e. The van der Waals surface area contributed by atoms with Gasteiger partial charge in [0, 0.05) is 17.4 Å². The first-order valence-corrected chi connectivity index (χ1v) is 8.68. The molecule has 0 spiro atoms. The molecule has 0 radical (unpaired) electrons. The lowest BCUT2D eigenvalue weighted by atomic mass is 10.2. The van der Waals surface area contributed by atoms with Crippen LogP contribution < -0.4 is 24.8 Å². The summed E-state index contributed by atoms with van der Waals surface area (Å²) >= 11 is 0. The van der Waals surface area contributed by atoms with Crippen molar-refractivity contribution in [2.24, 2.45) is 0 Å². The maximum Gasteiger partial charge on any atom is 0.259 e. The normalized spacial score (nSPS) is 10.1. The highest BCUT2D eigenvalue weighted by atomic mass is 16.5. The summed E-state index contributed by atoms with van der Waals surface area (Å²) in [5.74, 6) is 1.70. The van der Waals surface area contributed by atoms with Gasteiger partial charge >= 0.3 is 0 Å². The van der Waals surface area contributed by atoms with Crippen molar-refractivity contribution < 1.29 is 19.0 Å². The molecule has 2 N–H and O–H groups in total. The van der Waals surface area contributed by atoms with E-state index in [9.17, 15) is 4.79 Å². The SMILES string of the molecule is COc1ccc(Nc2ccc(NC(=O)c3ccccc3OC)cc2)c(OC)c1. The van der Waals surface area contributed by atoms with E-state index in [0.717, 1.165) is 17.1 Å². The van der Waals surface area contributed by atoms with Gasteiger partial charge in [-0.3, -0.25) is 4.79 Å². The van der Waals surface area contributed by atoms with E-state index < -0.39 is 0 Å². The summed E-state index contributed by atoms with van der Waals surface area (Å²) in [6.45, 7) is 0. The van der Waals surface area contributed by atoms with Crippen LogP contribution in [0.2, 0.25) is 0 Å². The van der Waals surface area contributed by atoms with E-state index in [2.05, 4.69) is 10.6 Å². The molecule has 144 valence electrons. The summed E-state index contributed by atoms with van der Waals surface area (Å²) in [5, 5.41) is 6.17. The summed E-state index contributed by atoms with van der Waals surface area (Å²) in [6.07, 6.45) is 0. The summed E-state index contributed by atoms with van der Waals surface area (Å²) in [4.78, 5) is 12.5. The third-order valence-electron chi connectivity index (χ3n) is 4.18. The fourth-order valence-electron chi connectivity index (χ4n) is 2.72. The van der Waals surface area contributed by atoms with Crippen LogP contribution in [-0.4, -0.2) is 27.2 Å². The molecular formula is C22H22N2O4. The molecular weight excluding hydrogens is 356 g/mol. The summed E-state index contributed by atoms with van der Waals surface area (Å²) < 4.78 is 15.8. The van der Waals surface area contributed by atoms with Crippen molar-refractivity contribution in [3.63, 3.8) is 0 Å². The molecule has 0 saturated carbocycles. The standard InChI is InChI=1S/C22H22N2O4/c1-26-17-12-13-19(21(14-17)28-3)23-15-8-10-16(11-9-15)24-22(25)18-6-4-5-7-20(18)27-2/h4-14,23H,1-3H3,(H,24,25). The summed E-state index contributed by atoms with van der Waals surface area (Å²) in [6, 6.07) is 20.0. The number of methoxy groups -OCH3 is 3. The third-order valence-corrected chi connectivity index (χ3v) is 4.18. The van der Waals surface area contributed by atoms with Crippen LogP contribution in [0.4, 0.5) is 17.1 Å². The molecule has 0 aliphatic rings. The molecule has 0 heterocycles. The van der Waals surface area contributed by atoms with E-state index in [-0.39, 0.29) is 5.91 Å². The van der Waals surface area contributed by atoms with Gasteiger partial charge in [0.2, 0.25) is 0 Å². The average molecular weight is 378 g/mol. The van der Waals surface area contributed by atoms with E-state index in [1.165, 1.54) is 0 Å². The monoisotopic (exact) mass is 378 g/mol. The molecule has 0 atom stereocenters. The van der Waals surface area contributed by atoms with Crippen LogP contribution in [0.15, 0.2) is 66.7 Å². The molecule has 3 aromatic rings. The van der Waals surface area contributed by atoms with Gasteiger partial charge in [0.15, 0.2) is 0 Å². The Morgan fingerprint density at radius 3 is 2.11 bits per heavy atom. The third kappa shape index (κ3) is 4.35. The second-order valence-electron chi connectivity index (χ2n) is 5.92. The maximum atomic E-state index is 12.5. The minimum Gasteiger partial charge on any atom is -0.497 e. The van der Waals surface area contributed by atoms with Gasteiger partial charge in [-0.05, 0) is 48.5 Å². The Hall–Kier alpha value is -3.67. The van der Waals surface area contributed by atoms with Crippen molar-refractivity contribution in [3.05, 3.63) is 72.3 Å². The van der Waals surface area contributed by atoms with E-state index in [1.54, 1.807) is 39.5 Å². The predicted molar refractivity (Wildman–Crippen MR) is 110 cm³/mol. The van der Waals surface area contributed by atoms with Gasteiger partial charge in [-0.25, -0.2) is 0 Å². The maximum absolute atomic E-state index is 12.5. The lowest BCUT2D eigenvalue weighted by molar-refractivity contribution is 0.102. The molecule has 3 aromatic carbocycles. The minimum atomic E-state index is -0.227. The lowest BCUT2D eigenvalue weighted by Gasteiger charge is -2.13. The van der Waals surface area contributed by atoms with Gasteiger partial charge in [0.1, 0.15) is 17.2 Å². The van der Waals surface area contributed by atoms with Gasteiger partial charge in [-0.2, -0.15) is 0 Å². The zero-order valence-electron chi connectivity index (χ0n) is 16.0. The molecule has 1 amide bonds. The molecule has 28 heavy (non-hydrogen) atoms. The van der Waals surface area contributed by atoms with Gasteiger partial charge < -0.3 is 24.8 Å². The fourth-order valence-corrected chi connectivity index (χ4v) is 2.72. The second kappa shape index (κ2) is 8.81. The van der Waals surface area contributed by atoms with Gasteiger partial charge in [0.25, 0.3) is 5.91 Å². The number of para-hydroxylation sites is 1. The molecule has 0 saturated heterocycles. The summed E-state index contributed by atoms with van der Waals surface area (Å²) in [5.41, 5.74) is 2.84. The number of carbonyl (C=O) groups is 1. The quantitative estimate of drug-likeness (QED) is 0.623. The second-order valence-corrected chi connectivity index (χ2v) is 5.92. The van der Waals surface area contributed by atoms with E-state index in [4.69, 9.17) is 14.2 Å². The first-order chi connectivity index (χ1) is 13.6. The molecule has 0 aromatic heterocycles. The van der Waals surface area contributed by atoms with Crippen LogP contribution in [0.5, 0.6) is 17.2 Å². The fraction of sp³-hybridized carbons (Fsp3) is 0.136. The Bertz CT molecular complexity index is 955. The molecule has 6 heteroatoms. The Labute approximate surface area is 164 Å². The number of rotatable bonds is 7. The number of nitrogens with one attached hydrogen (secondary N) is 2. The van der Waals surface area contributed by atoms with E-state index in [1.807, 2.05) is 48.5 Å². The average Bonchev–Trinajstić information content (AvgIpc) is 2.75.